The van der Waals surface area contributed by atoms with Gasteiger partial charge in [0.05, 0.1) is 19.3 Å². The van der Waals surface area contributed by atoms with E-state index in [0.29, 0.717) is 0 Å². The average Bonchev–Trinajstić information content (AvgIpc) is 2.97. The first-order chi connectivity index (χ1) is 20.3. The van der Waals surface area contributed by atoms with Crippen LogP contribution in [0.4, 0.5) is 0 Å². The van der Waals surface area contributed by atoms with Gasteiger partial charge in [0.2, 0.25) is 6.29 Å². The molecule has 2 saturated heterocycles. The van der Waals surface area contributed by atoms with E-state index in [1.807, 2.05) is 0 Å². The molecule has 10 N–H and O–H groups in total. The van der Waals surface area contributed by atoms with Crippen molar-refractivity contribution in [2.45, 2.75) is 74.6 Å². The van der Waals surface area contributed by atoms with E-state index in [0.717, 1.165) is 6.07 Å². The third-order valence-electron chi connectivity index (χ3n) is 7.65. The molecule has 5 rings (SSSR count). The summed E-state index contributed by atoms with van der Waals surface area (Å²) in [7, 11) is 0. The molecule has 2 aromatic carbocycles. The van der Waals surface area contributed by atoms with Crippen LogP contribution < -0.4 is 4.74 Å². The second kappa shape index (κ2) is 12.3. The smallest absolute Gasteiger partial charge is 0.228 e. The Labute approximate surface area is 244 Å². The number of hydrogen-bond donors (Lipinski definition) is 10. The summed E-state index contributed by atoms with van der Waals surface area (Å²) in [5.74, 6) is -1.50. The van der Waals surface area contributed by atoms with Gasteiger partial charge >= 0.3 is 0 Å². The van der Waals surface area contributed by atoms with Gasteiger partial charge in [0.25, 0.3) is 0 Å². The van der Waals surface area contributed by atoms with Crippen LogP contribution in [0.15, 0.2) is 36.1 Å². The zero-order valence-corrected chi connectivity index (χ0v) is 22.8. The summed E-state index contributed by atoms with van der Waals surface area (Å²) in [6.45, 7) is 0.864. The summed E-state index contributed by atoms with van der Waals surface area (Å²) >= 11 is 0. The van der Waals surface area contributed by atoms with Crippen LogP contribution in [-0.4, -0.2) is 126 Å². The molecule has 15 nitrogen and oxygen atoms in total. The fraction of sp³-hybridized carbons (Fsp3) is 0.500. The number of aromatic hydroxyl groups is 4. The minimum absolute atomic E-state index is 0.0321. The highest BCUT2D eigenvalue weighted by molar-refractivity contribution is 5.71. The standard InChI is InChI=1S/C28H34O15/c1-10-21(33)24(36)22(34)19(40-10)8-39-9-20-23(35)25(37)26(38)28(43-20)42-18-7-13-15(31)5-12(29)6-17(13)41-27(18)11-2-3-14(30)16(32)4-11/h2-6,10,19-26,28-38H,7-9H2,1H3/t10-,19-,20+,21+,22+,23-,24-,25-,26-,28+/m0/s1. The highest BCUT2D eigenvalue weighted by atomic mass is 16.7. The predicted molar refractivity (Wildman–Crippen MR) is 142 cm³/mol. The lowest BCUT2D eigenvalue weighted by atomic mass is 9.96. The second-order valence-corrected chi connectivity index (χ2v) is 10.7. The molecule has 0 bridgehead atoms. The van der Waals surface area contributed by atoms with Crippen LogP contribution in [-0.2, 0) is 25.4 Å². The average molecular weight is 611 g/mol. The van der Waals surface area contributed by atoms with E-state index in [1.165, 1.54) is 31.2 Å². The molecule has 2 fully saturated rings. The second-order valence-electron chi connectivity index (χ2n) is 10.7. The van der Waals surface area contributed by atoms with E-state index in [4.69, 9.17) is 23.7 Å². The largest absolute Gasteiger partial charge is 0.508 e. The maximum absolute atomic E-state index is 10.7. The molecule has 0 amide bonds. The summed E-state index contributed by atoms with van der Waals surface area (Å²) in [4.78, 5) is 0. The lowest BCUT2D eigenvalue weighted by Crippen LogP contribution is -2.60. The molecular formula is C28H34O15. The van der Waals surface area contributed by atoms with E-state index >= 15 is 0 Å². The van der Waals surface area contributed by atoms with E-state index in [9.17, 15) is 51.1 Å². The fourth-order valence-corrected chi connectivity index (χ4v) is 5.14. The van der Waals surface area contributed by atoms with Gasteiger partial charge in [-0.15, -0.1) is 0 Å². The first-order valence-corrected chi connectivity index (χ1v) is 13.5. The zero-order valence-electron chi connectivity index (χ0n) is 22.8. The first-order valence-electron chi connectivity index (χ1n) is 13.5. The molecule has 0 radical (unpaired) electrons. The Morgan fingerprint density at radius 3 is 2.05 bits per heavy atom. The van der Waals surface area contributed by atoms with Gasteiger partial charge in [-0.1, -0.05) is 0 Å². The Morgan fingerprint density at radius 2 is 1.37 bits per heavy atom. The van der Waals surface area contributed by atoms with Crippen molar-refractivity contribution in [1.29, 1.82) is 0 Å². The molecule has 0 spiro atoms. The molecule has 2 aromatic rings. The SMILES string of the molecule is C[C@@H]1O[C@@H](COC[C@H]2O[C@@H](OC3=C(c4ccc(O)c(O)c4)Oc4cc(O)cc(O)c4C3)[C@@H](O)[C@@H](O)[C@H]2O)[C@@H](O)[C@@H](O)[C@@H]1O. The molecule has 3 aliphatic rings. The number of phenols is 4. The van der Waals surface area contributed by atoms with Gasteiger partial charge in [-0.25, -0.2) is 0 Å². The third-order valence-corrected chi connectivity index (χ3v) is 7.65. The fourth-order valence-electron chi connectivity index (χ4n) is 5.14. The van der Waals surface area contributed by atoms with Crippen molar-refractivity contribution < 1.29 is 74.7 Å². The van der Waals surface area contributed by atoms with Crippen LogP contribution in [0.1, 0.15) is 18.1 Å². The highest BCUT2D eigenvalue weighted by Crippen LogP contribution is 2.43. The lowest BCUT2D eigenvalue weighted by Gasteiger charge is -2.41. The zero-order chi connectivity index (χ0) is 31.2. The summed E-state index contributed by atoms with van der Waals surface area (Å²) in [6, 6.07) is 6.10. The number of ether oxygens (including phenoxy) is 5. The minimum Gasteiger partial charge on any atom is -0.508 e. The normalized spacial score (nSPS) is 34.4. The number of phenolic OH excluding ortho intramolecular Hbond substituents is 4. The summed E-state index contributed by atoms with van der Waals surface area (Å²) < 4.78 is 28.6. The van der Waals surface area contributed by atoms with Gasteiger partial charge in [0, 0.05) is 29.7 Å². The predicted octanol–water partition coefficient (Wildman–Crippen LogP) is -1.48. The molecule has 3 heterocycles. The molecule has 0 saturated carbocycles. The first kappa shape index (κ1) is 31.1. The van der Waals surface area contributed by atoms with Crippen molar-refractivity contribution in [1.82, 2.24) is 0 Å². The van der Waals surface area contributed by atoms with Crippen molar-refractivity contribution >= 4 is 5.76 Å². The Balaban J connectivity index is 1.35. The van der Waals surface area contributed by atoms with Crippen LogP contribution in [0, 0.1) is 0 Å². The van der Waals surface area contributed by atoms with E-state index in [-0.39, 0.29) is 59.5 Å². The van der Waals surface area contributed by atoms with Gasteiger partial charge in [-0.3, -0.25) is 0 Å². The quantitative estimate of drug-likeness (QED) is 0.161. The van der Waals surface area contributed by atoms with Crippen LogP contribution >= 0.6 is 0 Å². The molecule has 0 unspecified atom stereocenters. The lowest BCUT2D eigenvalue weighted by molar-refractivity contribution is -0.296. The van der Waals surface area contributed by atoms with Crippen LogP contribution in [0.25, 0.3) is 5.76 Å². The van der Waals surface area contributed by atoms with Crippen molar-refractivity contribution in [2.75, 3.05) is 13.2 Å². The van der Waals surface area contributed by atoms with Gasteiger partial charge in [-0.2, -0.15) is 0 Å². The molecule has 0 aliphatic carbocycles. The Bertz CT molecular complexity index is 1350. The molecule has 3 aliphatic heterocycles. The number of fused-ring (bicyclic) bond motifs is 1. The van der Waals surface area contributed by atoms with E-state index in [2.05, 4.69) is 0 Å². The number of allylic oxidation sites excluding steroid dienone is 1. The van der Waals surface area contributed by atoms with Gasteiger partial charge < -0.3 is 74.7 Å². The molecular weight excluding hydrogens is 576 g/mol. The highest BCUT2D eigenvalue weighted by Gasteiger charge is 2.47. The summed E-state index contributed by atoms with van der Waals surface area (Å²) in [6.07, 6.45) is -14.2. The Morgan fingerprint density at radius 1 is 0.721 bits per heavy atom. The van der Waals surface area contributed by atoms with Gasteiger partial charge in [0.1, 0.15) is 71.8 Å². The number of benzene rings is 2. The minimum atomic E-state index is -1.77. The van der Waals surface area contributed by atoms with Crippen molar-refractivity contribution in [3.05, 3.63) is 47.2 Å². The van der Waals surface area contributed by atoms with Crippen LogP contribution in [0.3, 0.4) is 0 Å². The molecule has 15 heteroatoms. The van der Waals surface area contributed by atoms with Crippen molar-refractivity contribution in [3.8, 4) is 28.7 Å². The molecule has 0 aromatic heterocycles. The van der Waals surface area contributed by atoms with Crippen molar-refractivity contribution in [2.24, 2.45) is 0 Å². The number of hydrogen-bond acceptors (Lipinski definition) is 15. The number of aliphatic hydroxyl groups is 6. The summed E-state index contributed by atoms with van der Waals surface area (Å²) in [5.41, 5.74) is 0.412. The topological polar surface area (TPSA) is 248 Å². The van der Waals surface area contributed by atoms with Crippen LogP contribution in [0.2, 0.25) is 0 Å². The Hall–Kier alpha value is -3.38. The third kappa shape index (κ3) is 6.17. The Kier molecular flexibility index (Phi) is 8.89. The molecule has 236 valence electrons. The van der Waals surface area contributed by atoms with E-state index < -0.39 is 72.7 Å². The maximum Gasteiger partial charge on any atom is 0.228 e. The summed E-state index contributed by atoms with van der Waals surface area (Å²) in [5, 5.41) is 102. The molecule has 10 atom stereocenters. The van der Waals surface area contributed by atoms with Crippen molar-refractivity contribution in [3.63, 3.8) is 0 Å². The van der Waals surface area contributed by atoms with E-state index in [1.54, 1.807) is 0 Å². The number of aliphatic hydroxyl groups excluding tert-OH is 6. The van der Waals surface area contributed by atoms with Gasteiger partial charge in [-0.05, 0) is 25.1 Å². The number of rotatable bonds is 7. The maximum atomic E-state index is 10.7. The van der Waals surface area contributed by atoms with Crippen LogP contribution in [0.5, 0.6) is 28.7 Å². The monoisotopic (exact) mass is 610 g/mol. The van der Waals surface area contributed by atoms with Gasteiger partial charge in [0.15, 0.2) is 17.3 Å². The molecule has 43 heavy (non-hydrogen) atoms.